The Bertz CT molecular complexity index is 2260. The maximum absolute atomic E-state index is 12.2. The molecule has 4 aromatic rings. The topological polar surface area (TPSA) is 170 Å². The zero-order valence-corrected chi connectivity index (χ0v) is 55.5. The van der Waals surface area contributed by atoms with E-state index in [4.69, 9.17) is 9.21 Å². The quantitative estimate of drug-likeness (QED) is 0.0236. The van der Waals surface area contributed by atoms with E-state index < -0.39 is 0 Å². The van der Waals surface area contributed by atoms with Crippen LogP contribution in [0.25, 0.3) is 11.6 Å². The van der Waals surface area contributed by atoms with Gasteiger partial charge < -0.3 is 42.9 Å². The summed E-state index contributed by atoms with van der Waals surface area (Å²) >= 11 is 0. The smallest absolute Gasteiger partial charge is 0.166 e. The van der Waals surface area contributed by atoms with E-state index in [1.54, 1.807) is 24.5 Å². The van der Waals surface area contributed by atoms with Crippen LogP contribution in [0.3, 0.4) is 0 Å². The van der Waals surface area contributed by atoms with Crippen molar-refractivity contribution in [1.29, 1.82) is 0 Å². The van der Waals surface area contributed by atoms with Crippen LogP contribution in [0.5, 0.6) is 0 Å². The summed E-state index contributed by atoms with van der Waals surface area (Å²) in [4.78, 5) is 95.6. The molecule has 0 saturated carbocycles. The van der Waals surface area contributed by atoms with Gasteiger partial charge in [-0.2, -0.15) is 0 Å². The average molecular weight is 1200 g/mol. The Morgan fingerprint density at radius 2 is 1.01 bits per heavy atom. The molecule has 0 radical (unpaired) electrons. The predicted octanol–water partition coefficient (Wildman–Crippen LogP) is 18.6. The summed E-state index contributed by atoms with van der Waals surface area (Å²) in [6.07, 6.45) is 40.2. The summed E-state index contributed by atoms with van der Waals surface area (Å²) in [7, 11) is 3.82. The van der Waals surface area contributed by atoms with Crippen LogP contribution < -0.4 is 0 Å². The second-order valence-corrected chi connectivity index (χ2v) is 22.2. The van der Waals surface area contributed by atoms with Crippen molar-refractivity contribution >= 4 is 68.7 Å². The normalized spacial score (nSPS) is 12.0. The molecular weight excluding hydrogens is 1090 g/mol. The molecule has 0 saturated heterocycles. The van der Waals surface area contributed by atoms with Gasteiger partial charge in [-0.1, -0.05) is 230 Å². The number of benzene rings is 3. The fourth-order valence-electron chi connectivity index (χ4n) is 9.32. The van der Waals surface area contributed by atoms with Gasteiger partial charge in [0.1, 0.15) is 56.6 Å². The van der Waals surface area contributed by atoms with Gasteiger partial charge >= 0.3 is 0 Å². The van der Waals surface area contributed by atoms with E-state index in [0.29, 0.717) is 41.9 Å². The standard InChI is InChI=1S/C28H43NO3.C14H12O.C12H24O.C8H16O.C7H6O2.C6H12O.CH2O/c1-6-7-8-9-14-25(15-12-19-30)28(27(21-32)29(4)5)26-16-11-10-13-24(26)18-17-22(2)23(3)20-31;15-11-14(12-7-3-1-4-8-12)13-9-5-2-6-10-13;1-2-3-4-5-6-7-8-9-10-11-12-13;1-3-5-6-8(4-2)7-9;8-5-1-3-7-4-2-6-9-7;1-3-6(4-2)5-7;1-2/h10-11,13,16,19-23,25H,6-9,12,14-15,17-18H2,1-5H3;1-11,14H;12H,2-11H2,1H3;7-8H,3-6H2,1-2H3;1-6H;5-6H,3-4H2,1-2H3;1H2. The number of rotatable bonds is 40. The van der Waals surface area contributed by atoms with Crippen molar-refractivity contribution in [2.24, 2.45) is 29.6 Å². The second-order valence-electron chi connectivity index (χ2n) is 22.2. The van der Waals surface area contributed by atoms with Crippen LogP contribution in [0.1, 0.15) is 243 Å². The molecule has 0 N–H and O–H groups in total. The van der Waals surface area contributed by atoms with Crippen LogP contribution in [0, 0.1) is 29.6 Å². The Morgan fingerprint density at radius 3 is 1.44 bits per heavy atom. The summed E-state index contributed by atoms with van der Waals surface area (Å²) in [6.45, 7) is 18.8. The largest absolute Gasteiger partial charge is 0.465 e. The van der Waals surface area contributed by atoms with Crippen LogP contribution in [0.15, 0.2) is 120 Å². The molecule has 0 spiro atoms. The fourth-order valence-corrected chi connectivity index (χ4v) is 9.32. The number of hydrogen-bond donors (Lipinski definition) is 0. The van der Waals surface area contributed by atoms with Gasteiger partial charge in [0.15, 0.2) is 6.29 Å². The van der Waals surface area contributed by atoms with E-state index in [9.17, 15) is 38.4 Å². The van der Waals surface area contributed by atoms with Gasteiger partial charge in [0.25, 0.3) is 0 Å². The first-order valence-corrected chi connectivity index (χ1v) is 32.5. The Hall–Kier alpha value is -6.75. The van der Waals surface area contributed by atoms with E-state index >= 15 is 0 Å². The minimum atomic E-state index is -0.146. The highest BCUT2D eigenvalue weighted by atomic mass is 16.3. The zero-order chi connectivity index (χ0) is 65.6. The van der Waals surface area contributed by atoms with Gasteiger partial charge in [-0.25, -0.2) is 0 Å². The maximum Gasteiger partial charge on any atom is 0.166 e. The molecule has 0 aliphatic heterocycles. The third-order valence-corrected chi connectivity index (χ3v) is 15.3. The summed E-state index contributed by atoms with van der Waals surface area (Å²) in [6, 6.07) is 31.5. The molecule has 11 nitrogen and oxygen atoms in total. The third-order valence-electron chi connectivity index (χ3n) is 15.3. The van der Waals surface area contributed by atoms with Crippen molar-refractivity contribution in [3.05, 3.63) is 143 Å². The maximum atomic E-state index is 12.2. The molecule has 484 valence electrons. The van der Waals surface area contributed by atoms with Crippen LogP contribution in [0.4, 0.5) is 0 Å². The molecule has 87 heavy (non-hydrogen) atoms. The van der Waals surface area contributed by atoms with Gasteiger partial charge in [-0.15, -0.1) is 0 Å². The Labute approximate surface area is 527 Å². The van der Waals surface area contributed by atoms with Gasteiger partial charge in [-0.05, 0) is 122 Å². The molecular formula is C76H115NO10. The van der Waals surface area contributed by atoms with E-state index in [-0.39, 0.29) is 17.8 Å². The first kappa shape index (κ1) is 84.5. The number of unbranched alkanes of at least 4 members (excludes halogenated alkanes) is 13. The van der Waals surface area contributed by atoms with E-state index in [1.807, 2.05) is 119 Å². The van der Waals surface area contributed by atoms with Gasteiger partial charge in [0.2, 0.25) is 0 Å². The number of carbonyl (C=O) groups excluding carboxylic acids is 9. The highest BCUT2D eigenvalue weighted by Gasteiger charge is 2.24. The molecule has 0 fully saturated rings. The number of hydrogen-bond acceptors (Lipinski definition) is 11. The highest BCUT2D eigenvalue weighted by Crippen LogP contribution is 2.37. The lowest BCUT2D eigenvalue weighted by Crippen LogP contribution is -2.19. The molecule has 0 bridgehead atoms. The van der Waals surface area contributed by atoms with E-state index in [0.717, 1.165) is 137 Å². The lowest BCUT2D eigenvalue weighted by Gasteiger charge is -2.27. The van der Waals surface area contributed by atoms with Crippen molar-refractivity contribution in [2.75, 3.05) is 14.1 Å². The first-order chi connectivity index (χ1) is 42.4. The number of aldehydes is 8. The van der Waals surface area contributed by atoms with Crippen LogP contribution in [-0.2, 0) is 49.6 Å². The molecule has 4 rings (SSSR count). The lowest BCUT2D eigenvalue weighted by atomic mass is 9.80. The number of carbonyl (C=O) groups is 9. The number of furan rings is 1. The van der Waals surface area contributed by atoms with Crippen molar-refractivity contribution in [1.82, 2.24) is 4.90 Å². The van der Waals surface area contributed by atoms with Crippen molar-refractivity contribution in [3.8, 4) is 0 Å². The third kappa shape index (κ3) is 43.5. The summed E-state index contributed by atoms with van der Waals surface area (Å²) < 4.78 is 4.89. The van der Waals surface area contributed by atoms with Gasteiger partial charge in [0.05, 0.1) is 17.9 Å². The lowest BCUT2D eigenvalue weighted by molar-refractivity contribution is -0.112. The Morgan fingerprint density at radius 1 is 0.506 bits per heavy atom. The number of nitrogens with zero attached hydrogens (tertiary/aromatic N) is 1. The molecule has 1 heterocycles. The average Bonchev–Trinajstić information content (AvgIpc) is 2.11. The first-order valence-electron chi connectivity index (χ1n) is 32.5. The predicted molar refractivity (Wildman–Crippen MR) is 363 cm³/mol. The molecule has 4 atom stereocenters. The molecule has 0 amide bonds. The Balaban J connectivity index is -0.00000107. The fraction of sp³-hybridized carbons (Fsp3) is 0.539. The zero-order valence-electron chi connectivity index (χ0n) is 55.5. The molecule has 3 aromatic carbocycles. The van der Waals surface area contributed by atoms with Crippen LogP contribution >= 0.6 is 0 Å². The molecule has 0 aliphatic carbocycles. The number of allylic oxidation sites excluding steroid dienone is 3. The van der Waals surface area contributed by atoms with Crippen LogP contribution in [-0.4, -0.2) is 76.1 Å². The highest BCUT2D eigenvalue weighted by molar-refractivity contribution is 5.89. The minimum absolute atomic E-state index is 0.0309. The summed E-state index contributed by atoms with van der Waals surface area (Å²) in [5.74, 6) is 1.67. The minimum Gasteiger partial charge on any atom is -0.465 e. The molecule has 0 aliphatic rings. The SMILES string of the molecule is C=O.CCC(C=O)CC.CCCCC(C=O)CC.CCCCCCC(CCC=O)C(=C(C=O)N(C)C)c1ccccc1CCC(C)C(C)C=O.CCCCCCCCCCCC=O.O=CC(c1ccccc1)c1ccccc1.O=CC=Cc1ccco1. The molecule has 4 unspecified atom stereocenters. The Kier molecular flexibility index (Phi) is 60.5. The second kappa shape index (κ2) is 62.3. The van der Waals surface area contributed by atoms with E-state index in [2.05, 4.69) is 46.8 Å². The number of likely N-dealkylation sites (N-methyl/N-ethyl adjacent to an activating group) is 1. The van der Waals surface area contributed by atoms with Crippen molar-refractivity contribution < 1.29 is 47.6 Å². The molecule has 11 heteroatoms. The van der Waals surface area contributed by atoms with Gasteiger partial charge in [0, 0.05) is 44.7 Å². The van der Waals surface area contributed by atoms with Crippen LogP contribution in [0.2, 0.25) is 0 Å². The number of aryl methyl sites for hydroxylation is 1. The monoisotopic (exact) mass is 1200 g/mol. The van der Waals surface area contributed by atoms with Crippen molar-refractivity contribution in [3.63, 3.8) is 0 Å². The van der Waals surface area contributed by atoms with Crippen molar-refractivity contribution in [2.45, 2.75) is 222 Å². The van der Waals surface area contributed by atoms with E-state index in [1.165, 1.54) is 95.1 Å². The molecule has 1 aromatic heterocycles. The summed E-state index contributed by atoms with van der Waals surface area (Å²) in [5, 5.41) is 0. The van der Waals surface area contributed by atoms with Gasteiger partial charge in [-0.3, -0.25) is 9.59 Å². The summed E-state index contributed by atoms with van der Waals surface area (Å²) in [5.41, 5.74) is 6.16.